The first-order valence-corrected chi connectivity index (χ1v) is 13.1. The van der Waals surface area contributed by atoms with E-state index >= 15 is 0 Å². The van der Waals surface area contributed by atoms with Gasteiger partial charge in [-0.1, -0.05) is 67.8 Å². The zero-order valence-corrected chi connectivity index (χ0v) is 20.7. The van der Waals surface area contributed by atoms with Crippen molar-refractivity contribution >= 4 is 0 Å². The normalized spacial score (nSPS) is 19.0. The Morgan fingerprint density at radius 2 is 1.46 bits per heavy atom. The Morgan fingerprint density at radius 3 is 2.14 bits per heavy atom. The lowest BCUT2D eigenvalue weighted by molar-refractivity contribution is -0.660. The molecular formula is C34H34N+. The smallest absolute Gasteiger partial charge is 0.201 e. The van der Waals surface area contributed by atoms with Gasteiger partial charge in [-0.2, -0.15) is 0 Å². The van der Waals surface area contributed by atoms with Gasteiger partial charge in [-0.25, -0.2) is 4.57 Å². The summed E-state index contributed by atoms with van der Waals surface area (Å²) in [5.41, 5.74) is 15.3. The van der Waals surface area contributed by atoms with Crippen LogP contribution in [0.1, 0.15) is 82.4 Å². The van der Waals surface area contributed by atoms with Crippen LogP contribution in [0.4, 0.5) is 0 Å². The van der Waals surface area contributed by atoms with Crippen molar-refractivity contribution in [2.45, 2.75) is 64.6 Å². The summed E-state index contributed by atoms with van der Waals surface area (Å²) in [5, 5.41) is 0. The van der Waals surface area contributed by atoms with Crippen LogP contribution in [-0.4, -0.2) is 0 Å². The molecular weight excluding hydrogens is 422 g/mol. The molecule has 0 aliphatic heterocycles. The predicted molar refractivity (Wildman–Crippen MR) is 145 cm³/mol. The van der Waals surface area contributed by atoms with Crippen molar-refractivity contribution in [1.29, 1.82) is 0 Å². The van der Waals surface area contributed by atoms with Gasteiger partial charge in [0.2, 0.25) is 5.69 Å². The summed E-state index contributed by atoms with van der Waals surface area (Å²) in [6, 6.07) is 19.6. The Morgan fingerprint density at radius 1 is 0.829 bits per heavy atom. The van der Waals surface area contributed by atoms with Crippen LogP contribution in [-0.2, 0) is 19.9 Å². The second-order valence-corrected chi connectivity index (χ2v) is 10.6. The molecule has 3 aromatic carbocycles. The molecule has 0 atom stereocenters. The molecule has 1 fully saturated rings. The summed E-state index contributed by atoms with van der Waals surface area (Å²) in [6.07, 6.45) is 8.10. The molecule has 1 heterocycles. The summed E-state index contributed by atoms with van der Waals surface area (Å²) in [5.74, 6) is -0.867. The van der Waals surface area contributed by atoms with Crippen LogP contribution in [0.5, 0.6) is 0 Å². The zero-order valence-electron chi connectivity index (χ0n) is 24.7. The van der Waals surface area contributed by atoms with Crippen molar-refractivity contribution in [3.8, 4) is 33.5 Å². The van der Waals surface area contributed by atoms with Gasteiger partial charge in [0.05, 0.1) is 5.56 Å². The van der Waals surface area contributed by atoms with Crippen LogP contribution in [0.15, 0.2) is 60.8 Å². The molecule has 0 amide bonds. The summed E-state index contributed by atoms with van der Waals surface area (Å²) in [4.78, 5) is 0. The van der Waals surface area contributed by atoms with Crippen LogP contribution in [0.3, 0.4) is 0 Å². The van der Waals surface area contributed by atoms with Gasteiger partial charge in [0.1, 0.15) is 7.05 Å². The maximum atomic E-state index is 9.48. The average molecular weight is 461 g/mol. The maximum Gasteiger partial charge on any atom is 0.213 e. The monoisotopic (exact) mass is 460 g/mol. The Balaban J connectivity index is 1.55. The van der Waals surface area contributed by atoms with Gasteiger partial charge in [-0.05, 0) is 101 Å². The van der Waals surface area contributed by atoms with Gasteiger partial charge in [0.15, 0.2) is 6.20 Å². The van der Waals surface area contributed by atoms with Crippen LogP contribution in [0.2, 0.25) is 0 Å². The SMILES string of the molecule is [2H]C([2H])([2H])c1c[n+](C)c(-c2c(C)c3c(c4c2Cc2ccccc2-4)Cc2ccccc2-3)cc1C1([2H])CCCCC1. The maximum absolute atomic E-state index is 9.48. The van der Waals surface area contributed by atoms with E-state index < -0.39 is 12.7 Å². The molecule has 0 N–H and O–H groups in total. The van der Waals surface area contributed by atoms with E-state index in [9.17, 15) is 1.37 Å². The second-order valence-electron chi connectivity index (χ2n) is 10.6. The highest BCUT2D eigenvalue weighted by Crippen LogP contribution is 2.53. The second kappa shape index (κ2) is 7.92. The molecule has 35 heavy (non-hydrogen) atoms. The summed E-state index contributed by atoms with van der Waals surface area (Å²) in [6.45, 7) is -0.0187. The van der Waals surface area contributed by atoms with Crippen LogP contribution < -0.4 is 4.57 Å². The number of hydrogen-bond acceptors (Lipinski definition) is 0. The van der Waals surface area contributed by atoms with Gasteiger partial charge in [0.25, 0.3) is 0 Å². The number of aryl methyl sites for hydroxylation is 2. The summed E-state index contributed by atoms with van der Waals surface area (Å²) in [7, 11) is 1.97. The summed E-state index contributed by atoms with van der Waals surface area (Å²) >= 11 is 0. The van der Waals surface area contributed by atoms with E-state index in [0.29, 0.717) is 24.0 Å². The highest BCUT2D eigenvalue weighted by molar-refractivity contribution is 5.97. The van der Waals surface area contributed by atoms with Gasteiger partial charge in [-0.3, -0.25) is 0 Å². The van der Waals surface area contributed by atoms with Crippen molar-refractivity contribution in [2.24, 2.45) is 7.05 Å². The minimum atomic E-state index is -2.26. The Labute approximate surface area is 215 Å². The molecule has 3 aliphatic rings. The Kier molecular flexibility index (Phi) is 3.91. The van der Waals surface area contributed by atoms with E-state index in [1.807, 2.05) is 11.6 Å². The number of rotatable bonds is 2. The van der Waals surface area contributed by atoms with Gasteiger partial charge < -0.3 is 0 Å². The zero-order chi connectivity index (χ0) is 27.1. The van der Waals surface area contributed by atoms with Crippen LogP contribution in [0, 0.1) is 13.8 Å². The van der Waals surface area contributed by atoms with Crippen molar-refractivity contribution < 1.29 is 10.1 Å². The van der Waals surface area contributed by atoms with Crippen molar-refractivity contribution in [3.05, 3.63) is 99.7 Å². The highest BCUT2D eigenvalue weighted by Gasteiger charge is 2.35. The van der Waals surface area contributed by atoms with Crippen LogP contribution in [0.25, 0.3) is 33.5 Å². The van der Waals surface area contributed by atoms with Crippen LogP contribution >= 0.6 is 0 Å². The van der Waals surface area contributed by atoms with E-state index in [4.69, 9.17) is 4.11 Å². The highest BCUT2D eigenvalue weighted by atomic mass is 14.9. The predicted octanol–water partition coefficient (Wildman–Crippen LogP) is 7.99. The lowest BCUT2D eigenvalue weighted by Crippen LogP contribution is -2.32. The number of benzene rings is 3. The third kappa shape index (κ3) is 3.10. The molecule has 1 heteroatoms. The van der Waals surface area contributed by atoms with Crippen molar-refractivity contribution in [3.63, 3.8) is 0 Å². The standard InChI is InChI=1S/C34H34N/c1-21-20-35(3)31(19-28(21)23-11-5-4-6-12-23)33-22(2)32-26-15-9-7-13-24(26)17-29(32)34-27-16-10-8-14-25(27)18-30(33)34/h7-10,13-16,19-20,23H,4-6,11-12,17-18H2,1-3H3/q+1/i1D3,23D. The molecule has 1 aromatic heterocycles. The first kappa shape index (κ1) is 17.3. The number of pyridine rings is 1. The third-order valence-corrected chi connectivity index (χ3v) is 8.63. The molecule has 1 saturated carbocycles. The van der Waals surface area contributed by atoms with E-state index in [1.165, 1.54) is 55.6 Å². The molecule has 7 rings (SSSR count). The largest absolute Gasteiger partial charge is 0.213 e. The molecule has 0 saturated heterocycles. The minimum absolute atomic E-state index is 0.328. The fourth-order valence-corrected chi connectivity index (χ4v) is 7.06. The molecule has 3 aliphatic carbocycles. The van der Waals surface area contributed by atoms with Gasteiger partial charge in [-0.15, -0.1) is 0 Å². The quantitative estimate of drug-likeness (QED) is 0.231. The first-order chi connectivity index (χ1) is 18.7. The van der Waals surface area contributed by atoms with E-state index in [2.05, 4.69) is 61.5 Å². The number of aromatic nitrogens is 1. The number of hydrogen-bond donors (Lipinski definition) is 0. The molecule has 4 aromatic rings. The average Bonchev–Trinajstić information content (AvgIpc) is 3.48. The summed E-state index contributed by atoms with van der Waals surface area (Å²) < 4.78 is 36.6. The molecule has 0 unspecified atom stereocenters. The Hall–Kier alpha value is -3.19. The number of fused-ring (bicyclic) bond motifs is 7. The molecule has 1 nitrogen and oxygen atoms in total. The fourth-order valence-electron chi connectivity index (χ4n) is 7.06. The first-order valence-electron chi connectivity index (χ1n) is 15.1. The Bertz CT molecular complexity index is 1660. The number of nitrogens with zero attached hydrogens (tertiary/aromatic N) is 1. The molecule has 0 spiro atoms. The third-order valence-electron chi connectivity index (χ3n) is 8.63. The minimum Gasteiger partial charge on any atom is -0.201 e. The molecule has 0 radical (unpaired) electrons. The topological polar surface area (TPSA) is 3.88 Å². The molecule has 0 bridgehead atoms. The molecule has 174 valence electrons. The van der Waals surface area contributed by atoms with Gasteiger partial charge >= 0.3 is 0 Å². The van der Waals surface area contributed by atoms with E-state index in [1.54, 1.807) is 6.20 Å². The van der Waals surface area contributed by atoms with Gasteiger partial charge in [0, 0.05) is 17.1 Å². The lowest BCUT2D eigenvalue weighted by Gasteiger charge is -2.24. The lowest BCUT2D eigenvalue weighted by atomic mass is 9.81. The van der Waals surface area contributed by atoms with Crippen molar-refractivity contribution in [2.75, 3.05) is 0 Å². The van der Waals surface area contributed by atoms with Crippen molar-refractivity contribution in [1.82, 2.24) is 0 Å². The fraction of sp³-hybridized carbons (Fsp3) is 0.324. The van der Waals surface area contributed by atoms with E-state index in [-0.39, 0.29) is 0 Å². The van der Waals surface area contributed by atoms with E-state index in [0.717, 1.165) is 37.8 Å².